The summed E-state index contributed by atoms with van der Waals surface area (Å²) in [6, 6.07) is 13.5. The van der Waals surface area contributed by atoms with Gasteiger partial charge in [-0.15, -0.1) is 0 Å². The number of methoxy groups -OCH3 is 1. The van der Waals surface area contributed by atoms with Crippen LogP contribution in [0.4, 0.5) is 5.69 Å². The quantitative estimate of drug-likeness (QED) is 0.848. The number of hydrogen-bond donors (Lipinski definition) is 2. The lowest BCUT2D eigenvalue weighted by Crippen LogP contribution is -2.35. The molecule has 0 atom stereocenters. The Labute approximate surface area is 123 Å². The van der Waals surface area contributed by atoms with Crippen LogP contribution in [0.15, 0.2) is 42.5 Å². The number of carbonyl (C=O) groups is 1. The van der Waals surface area contributed by atoms with Gasteiger partial charge in [0, 0.05) is 11.7 Å². The van der Waals surface area contributed by atoms with Crippen LogP contribution in [0, 0.1) is 0 Å². The molecule has 2 aromatic carbocycles. The Kier molecular flexibility index (Phi) is 3.52. The second-order valence-corrected chi connectivity index (χ2v) is 5.31. The molecule has 1 aliphatic carbocycles. The molecular formula is C17H18N2O2. The average molecular weight is 282 g/mol. The van der Waals surface area contributed by atoms with Crippen LogP contribution >= 0.6 is 0 Å². The van der Waals surface area contributed by atoms with E-state index in [4.69, 9.17) is 10.5 Å². The van der Waals surface area contributed by atoms with Crippen molar-refractivity contribution in [1.29, 1.82) is 0 Å². The summed E-state index contributed by atoms with van der Waals surface area (Å²) in [6.07, 6.45) is 1.74. The number of hydrogen-bond acceptors (Lipinski definition) is 3. The zero-order valence-electron chi connectivity index (χ0n) is 11.9. The lowest BCUT2D eigenvalue weighted by molar-refractivity contribution is 0.0935. The van der Waals surface area contributed by atoms with Gasteiger partial charge in [0.25, 0.3) is 5.91 Å². The predicted molar refractivity (Wildman–Crippen MR) is 82.5 cm³/mol. The van der Waals surface area contributed by atoms with E-state index in [1.807, 2.05) is 12.1 Å². The van der Waals surface area contributed by atoms with Crippen molar-refractivity contribution in [2.45, 2.75) is 18.9 Å². The van der Waals surface area contributed by atoms with Gasteiger partial charge in [0.15, 0.2) is 0 Å². The van der Waals surface area contributed by atoms with E-state index in [1.54, 1.807) is 25.3 Å². The number of nitrogens with one attached hydrogen (secondary N) is 1. The van der Waals surface area contributed by atoms with Crippen molar-refractivity contribution >= 4 is 11.6 Å². The van der Waals surface area contributed by atoms with Gasteiger partial charge in [0.2, 0.25) is 0 Å². The standard InChI is InChI=1S/C17H18N2O2/c1-21-16-7-6-13(18)10-15(16)17(20)19-14-8-11-4-2-3-5-12(11)9-14/h2-7,10,14H,8-9,18H2,1H3,(H,19,20). The zero-order chi connectivity index (χ0) is 14.8. The fraction of sp³-hybridized carbons (Fsp3) is 0.235. The number of carbonyl (C=O) groups excluding carboxylic acids is 1. The minimum Gasteiger partial charge on any atom is -0.496 e. The molecule has 0 aliphatic heterocycles. The highest BCUT2D eigenvalue weighted by atomic mass is 16.5. The molecule has 0 radical (unpaired) electrons. The maximum atomic E-state index is 12.4. The SMILES string of the molecule is COc1ccc(N)cc1C(=O)NC1Cc2ccccc2C1. The van der Waals surface area contributed by atoms with Crippen molar-refractivity contribution in [2.24, 2.45) is 0 Å². The van der Waals surface area contributed by atoms with E-state index < -0.39 is 0 Å². The van der Waals surface area contributed by atoms with Gasteiger partial charge in [-0.1, -0.05) is 24.3 Å². The predicted octanol–water partition coefficient (Wildman–Crippen LogP) is 2.17. The number of anilines is 1. The van der Waals surface area contributed by atoms with Crippen LogP contribution in [-0.4, -0.2) is 19.1 Å². The van der Waals surface area contributed by atoms with Gasteiger partial charge in [-0.05, 0) is 42.2 Å². The van der Waals surface area contributed by atoms with Crippen molar-refractivity contribution < 1.29 is 9.53 Å². The monoisotopic (exact) mass is 282 g/mol. The Balaban J connectivity index is 1.75. The minimum absolute atomic E-state index is 0.126. The Hall–Kier alpha value is -2.49. The van der Waals surface area contributed by atoms with Crippen molar-refractivity contribution in [1.82, 2.24) is 5.32 Å². The largest absolute Gasteiger partial charge is 0.496 e. The summed E-state index contributed by atoms with van der Waals surface area (Å²) in [5.41, 5.74) is 9.41. The molecule has 4 heteroatoms. The van der Waals surface area contributed by atoms with Crippen LogP contribution in [-0.2, 0) is 12.8 Å². The number of rotatable bonds is 3. The number of nitrogens with two attached hydrogens (primary N) is 1. The van der Waals surface area contributed by atoms with Crippen LogP contribution in [0.1, 0.15) is 21.5 Å². The van der Waals surface area contributed by atoms with E-state index in [1.165, 1.54) is 11.1 Å². The summed E-state index contributed by atoms with van der Waals surface area (Å²) in [6.45, 7) is 0. The second kappa shape index (κ2) is 5.48. The maximum Gasteiger partial charge on any atom is 0.255 e. The fourth-order valence-corrected chi connectivity index (χ4v) is 2.83. The van der Waals surface area contributed by atoms with E-state index in [0.29, 0.717) is 17.0 Å². The van der Waals surface area contributed by atoms with Crippen molar-refractivity contribution in [2.75, 3.05) is 12.8 Å². The molecule has 1 aliphatic rings. The first-order valence-electron chi connectivity index (χ1n) is 6.98. The molecule has 1 amide bonds. The Morgan fingerprint density at radius 1 is 1.19 bits per heavy atom. The number of amides is 1. The molecule has 3 rings (SSSR count). The average Bonchev–Trinajstić information content (AvgIpc) is 2.89. The molecule has 0 heterocycles. The number of ether oxygens (including phenoxy) is 1. The van der Waals surface area contributed by atoms with Crippen LogP contribution < -0.4 is 15.8 Å². The first-order chi connectivity index (χ1) is 10.2. The molecule has 0 saturated carbocycles. The molecule has 0 bridgehead atoms. The molecule has 0 fully saturated rings. The summed E-state index contributed by atoms with van der Waals surface area (Å²) in [5, 5.41) is 3.07. The third-order valence-corrected chi connectivity index (χ3v) is 3.85. The number of benzene rings is 2. The molecule has 3 N–H and O–H groups in total. The topological polar surface area (TPSA) is 64.3 Å². The summed E-state index contributed by atoms with van der Waals surface area (Å²) >= 11 is 0. The van der Waals surface area contributed by atoms with Crippen molar-refractivity contribution in [3.8, 4) is 5.75 Å². The minimum atomic E-state index is -0.142. The van der Waals surface area contributed by atoms with Gasteiger partial charge in [0.1, 0.15) is 5.75 Å². The van der Waals surface area contributed by atoms with E-state index in [9.17, 15) is 4.79 Å². The van der Waals surface area contributed by atoms with Gasteiger partial charge in [-0.2, -0.15) is 0 Å². The molecule has 2 aromatic rings. The lowest BCUT2D eigenvalue weighted by Gasteiger charge is -2.14. The van der Waals surface area contributed by atoms with Crippen LogP contribution in [0.2, 0.25) is 0 Å². The molecule has 108 valence electrons. The third kappa shape index (κ3) is 2.70. The van der Waals surface area contributed by atoms with Crippen LogP contribution in [0.5, 0.6) is 5.75 Å². The molecular weight excluding hydrogens is 264 g/mol. The zero-order valence-corrected chi connectivity index (χ0v) is 11.9. The van der Waals surface area contributed by atoms with Gasteiger partial charge in [-0.3, -0.25) is 4.79 Å². The highest BCUT2D eigenvalue weighted by Gasteiger charge is 2.24. The Bertz CT molecular complexity index is 657. The smallest absolute Gasteiger partial charge is 0.255 e. The first-order valence-corrected chi connectivity index (χ1v) is 6.98. The first kappa shape index (κ1) is 13.5. The van der Waals surface area contributed by atoms with Gasteiger partial charge in [-0.25, -0.2) is 0 Å². The van der Waals surface area contributed by atoms with E-state index in [-0.39, 0.29) is 11.9 Å². The molecule has 21 heavy (non-hydrogen) atoms. The highest BCUT2D eigenvalue weighted by molar-refractivity contribution is 5.98. The molecule has 0 saturated heterocycles. The van der Waals surface area contributed by atoms with Gasteiger partial charge in [0.05, 0.1) is 12.7 Å². The van der Waals surface area contributed by atoms with E-state index in [2.05, 4.69) is 17.4 Å². The van der Waals surface area contributed by atoms with Crippen LogP contribution in [0.3, 0.4) is 0 Å². The Morgan fingerprint density at radius 2 is 1.86 bits per heavy atom. The van der Waals surface area contributed by atoms with Gasteiger partial charge < -0.3 is 15.8 Å². The molecule has 0 unspecified atom stereocenters. The highest BCUT2D eigenvalue weighted by Crippen LogP contribution is 2.24. The van der Waals surface area contributed by atoms with Gasteiger partial charge >= 0.3 is 0 Å². The number of nitrogen functional groups attached to an aromatic ring is 1. The van der Waals surface area contributed by atoms with E-state index >= 15 is 0 Å². The number of fused-ring (bicyclic) bond motifs is 1. The van der Waals surface area contributed by atoms with Crippen LogP contribution in [0.25, 0.3) is 0 Å². The normalized spacial score (nSPS) is 13.8. The summed E-state index contributed by atoms with van der Waals surface area (Å²) < 4.78 is 5.23. The van der Waals surface area contributed by atoms with E-state index in [0.717, 1.165) is 12.8 Å². The van der Waals surface area contributed by atoms with Crippen molar-refractivity contribution in [3.05, 3.63) is 59.2 Å². The molecule has 0 aromatic heterocycles. The third-order valence-electron chi connectivity index (χ3n) is 3.85. The van der Waals surface area contributed by atoms with Crippen molar-refractivity contribution in [3.63, 3.8) is 0 Å². The molecule has 0 spiro atoms. The molecule has 4 nitrogen and oxygen atoms in total. The summed E-state index contributed by atoms with van der Waals surface area (Å²) in [4.78, 5) is 12.4. The maximum absolute atomic E-state index is 12.4. The summed E-state index contributed by atoms with van der Waals surface area (Å²) in [7, 11) is 1.55. The second-order valence-electron chi connectivity index (χ2n) is 5.31. The Morgan fingerprint density at radius 3 is 2.48 bits per heavy atom. The lowest BCUT2D eigenvalue weighted by atomic mass is 10.1. The fourth-order valence-electron chi connectivity index (χ4n) is 2.83. The summed E-state index contributed by atoms with van der Waals surface area (Å²) in [5.74, 6) is 0.397.